The van der Waals surface area contributed by atoms with E-state index in [1.807, 2.05) is 0 Å². The van der Waals surface area contributed by atoms with Crippen LogP contribution in [0.3, 0.4) is 0 Å². The van der Waals surface area contributed by atoms with E-state index in [1.165, 1.54) is 83.5 Å². The Morgan fingerprint density at radius 3 is 1.72 bits per heavy atom. The summed E-state index contributed by atoms with van der Waals surface area (Å²) in [6.07, 6.45) is 18.6. The van der Waals surface area contributed by atoms with E-state index >= 15 is 0 Å². The number of carbonyl (C=O) groups excluding carboxylic acids is 1. The molecule has 1 rings (SSSR count). The fraction of sp³-hybridized carbons (Fsp3) is 0.952. The molecule has 0 saturated carbocycles. The first kappa shape index (κ1) is 24.9. The molecule has 0 aliphatic carbocycles. The predicted octanol–water partition coefficient (Wildman–Crippen LogP) is 2.48. The van der Waals surface area contributed by atoms with Crippen LogP contribution < -0.4 is 17.0 Å². The number of unbranched alkanes of at least 4 members (excludes halogenated alkanes) is 11. The monoisotopic (exact) mass is 419 g/mol. The molecule has 0 aromatic heterocycles. The second kappa shape index (κ2) is 16.1. The summed E-state index contributed by atoms with van der Waals surface area (Å²) in [5.74, 6) is 0.00229. The molecule has 0 amide bonds. The van der Waals surface area contributed by atoms with Crippen LogP contribution in [0.4, 0.5) is 0 Å². The zero-order chi connectivity index (χ0) is 17.5. The summed E-state index contributed by atoms with van der Waals surface area (Å²) in [6.45, 7) is 5.73. The molecule has 0 atom stereocenters. The van der Waals surface area contributed by atoms with Gasteiger partial charge in [-0.2, -0.15) is 0 Å². The van der Waals surface area contributed by atoms with Gasteiger partial charge in [0.05, 0.1) is 26.7 Å². The number of halogens is 1. The molecule has 0 N–H and O–H groups in total. The minimum Gasteiger partial charge on any atom is -1.00 e. The van der Waals surface area contributed by atoms with E-state index in [4.69, 9.17) is 4.74 Å². The smallest absolute Gasteiger partial charge is 0.361 e. The summed E-state index contributed by atoms with van der Waals surface area (Å²) in [5.41, 5.74) is 0. The maximum absolute atomic E-state index is 11.9. The molecule has 0 radical (unpaired) electrons. The summed E-state index contributed by atoms with van der Waals surface area (Å²) < 4.78 is 6.29. The topological polar surface area (TPSA) is 26.3 Å². The molecule has 1 saturated heterocycles. The van der Waals surface area contributed by atoms with Crippen LogP contribution in [0, 0.1) is 0 Å². The molecule has 1 fully saturated rings. The van der Waals surface area contributed by atoms with Gasteiger partial charge in [0.25, 0.3) is 0 Å². The lowest BCUT2D eigenvalue weighted by Crippen LogP contribution is -3.00. The van der Waals surface area contributed by atoms with E-state index in [0.717, 1.165) is 24.0 Å². The maximum atomic E-state index is 11.9. The Kier molecular flexibility index (Phi) is 16.1. The first-order chi connectivity index (χ1) is 11.7. The third-order valence-corrected chi connectivity index (χ3v) is 5.42. The fourth-order valence-corrected chi connectivity index (χ4v) is 3.74. The minimum atomic E-state index is 0. The SMILES string of the molecule is CCCCCCCCCCCCCCOC(=O)C[N+]1(C)CCCC1.[Br-]. The Balaban J connectivity index is 0.00000576. The van der Waals surface area contributed by atoms with E-state index in [9.17, 15) is 4.79 Å². The van der Waals surface area contributed by atoms with Crippen molar-refractivity contribution in [1.29, 1.82) is 0 Å². The lowest BCUT2D eigenvalue weighted by atomic mass is 10.1. The van der Waals surface area contributed by atoms with Crippen molar-refractivity contribution < 1.29 is 31.0 Å². The molecule has 0 bridgehead atoms. The molecule has 1 aliphatic rings. The second-order valence-corrected chi connectivity index (χ2v) is 8.04. The number of likely N-dealkylation sites (N-methyl/N-ethyl adjacent to an activating group) is 1. The van der Waals surface area contributed by atoms with Crippen LogP contribution in [0.5, 0.6) is 0 Å². The summed E-state index contributed by atoms with van der Waals surface area (Å²) >= 11 is 0. The van der Waals surface area contributed by atoms with Crippen molar-refractivity contribution in [2.45, 2.75) is 96.8 Å². The van der Waals surface area contributed by atoms with E-state index < -0.39 is 0 Å². The van der Waals surface area contributed by atoms with Crippen molar-refractivity contribution in [2.75, 3.05) is 33.3 Å². The Morgan fingerprint density at radius 2 is 1.24 bits per heavy atom. The third kappa shape index (κ3) is 13.7. The van der Waals surface area contributed by atoms with E-state index in [1.54, 1.807) is 0 Å². The fourth-order valence-electron chi connectivity index (χ4n) is 3.74. The minimum absolute atomic E-state index is 0. The van der Waals surface area contributed by atoms with Crippen LogP contribution in [-0.4, -0.2) is 43.7 Å². The van der Waals surface area contributed by atoms with Crippen molar-refractivity contribution in [1.82, 2.24) is 0 Å². The van der Waals surface area contributed by atoms with Crippen LogP contribution >= 0.6 is 0 Å². The first-order valence-corrected chi connectivity index (χ1v) is 10.7. The molecular weight excluding hydrogens is 378 g/mol. The average molecular weight is 420 g/mol. The molecule has 0 spiro atoms. The van der Waals surface area contributed by atoms with Crippen molar-refractivity contribution >= 4 is 5.97 Å². The summed E-state index contributed by atoms with van der Waals surface area (Å²) in [5, 5.41) is 0. The zero-order valence-corrected chi connectivity index (χ0v) is 18.5. The van der Waals surface area contributed by atoms with Crippen LogP contribution in [0.15, 0.2) is 0 Å². The van der Waals surface area contributed by atoms with Gasteiger partial charge in [0, 0.05) is 12.8 Å². The molecule has 25 heavy (non-hydrogen) atoms. The number of nitrogens with zero attached hydrogens (tertiary/aromatic N) is 1. The highest BCUT2D eigenvalue weighted by atomic mass is 79.9. The van der Waals surface area contributed by atoms with Gasteiger partial charge in [-0.1, -0.05) is 77.6 Å². The molecule has 3 nitrogen and oxygen atoms in total. The summed E-state index contributed by atoms with van der Waals surface area (Å²) in [6, 6.07) is 0. The van der Waals surface area contributed by atoms with Crippen molar-refractivity contribution in [3.05, 3.63) is 0 Å². The molecule has 1 heterocycles. The zero-order valence-electron chi connectivity index (χ0n) is 16.9. The van der Waals surface area contributed by atoms with E-state index in [-0.39, 0.29) is 23.0 Å². The quantitative estimate of drug-likeness (QED) is 0.231. The molecule has 4 heteroatoms. The lowest BCUT2D eigenvalue weighted by Gasteiger charge is -2.27. The first-order valence-electron chi connectivity index (χ1n) is 10.7. The Morgan fingerprint density at radius 1 is 0.800 bits per heavy atom. The molecule has 1 aliphatic heterocycles. The van der Waals surface area contributed by atoms with Gasteiger partial charge in [0.2, 0.25) is 0 Å². The number of quaternary nitrogens is 1. The van der Waals surface area contributed by atoms with Crippen LogP contribution in [0.2, 0.25) is 0 Å². The molecule has 0 unspecified atom stereocenters. The third-order valence-electron chi connectivity index (χ3n) is 5.42. The highest BCUT2D eigenvalue weighted by molar-refractivity contribution is 5.70. The summed E-state index contributed by atoms with van der Waals surface area (Å²) in [4.78, 5) is 11.9. The maximum Gasteiger partial charge on any atom is 0.361 e. The lowest BCUT2D eigenvalue weighted by molar-refractivity contribution is -0.890. The Bertz CT molecular complexity index is 317. The van der Waals surface area contributed by atoms with Crippen LogP contribution in [0.25, 0.3) is 0 Å². The molecule has 0 aromatic rings. The number of ether oxygens (including phenoxy) is 1. The number of hydrogen-bond donors (Lipinski definition) is 0. The van der Waals surface area contributed by atoms with Gasteiger partial charge in [-0.15, -0.1) is 0 Å². The normalized spacial score (nSPS) is 15.8. The largest absolute Gasteiger partial charge is 1.00 e. The van der Waals surface area contributed by atoms with E-state index in [0.29, 0.717) is 13.2 Å². The van der Waals surface area contributed by atoms with Gasteiger partial charge in [0.15, 0.2) is 6.54 Å². The van der Waals surface area contributed by atoms with Crippen molar-refractivity contribution in [3.63, 3.8) is 0 Å². The van der Waals surface area contributed by atoms with Gasteiger partial charge in [-0.25, -0.2) is 4.79 Å². The Hall–Kier alpha value is -0.0900. The number of esters is 1. The van der Waals surface area contributed by atoms with E-state index in [2.05, 4.69) is 14.0 Å². The number of hydrogen-bond acceptors (Lipinski definition) is 2. The number of likely N-dealkylation sites (tertiary alicyclic amines) is 1. The number of rotatable bonds is 15. The highest BCUT2D eigenvalue weighted by Crippen LogP contribution is 2.16. The van der Waals surface area contributed by atoms with Gasteiger partial charge in [-0.05, 0) is 6.42 Å². The molecule has 0 aromatic carbocycles. The molecule has 150 valence electrons. The average Bonchev–Trinajstić information content (AvgIpc) is 2.98. The molecular formula is C21H42BrNO2. The van der Waals surface area contributed by atoms with Crippen LogP contribution in [0.1, 0.15) is 96.8 Å². The predicted molar refractivity (Wildman–Crippen MR) is 102 cm³/mol. The number of carbonyl (C=O) groups is 1. The van der Waals surface area contributed by atoms with Gasteiger partial charge >= 0.3 is 5.97 Å². The van der Waals surface area contributed by atoms with Gasteiger partial charge < -0.3 is 26.2 Å². The highest BCUT2D eigenvalue weighted by Gasteiger charge is 2.30. The van der Waals surface area contributed by atoms with Crippen LogP contribution in [-0.2, 0) is 9.53 Å². The van der Waals surface area contributed by atoms with Gasteiger partial charge in [-0.3, -0.25) is 0 Å². The van der Waals surface area contributed by atoms with Crippen molar-refractivity contribution in [3.8, 4) is 0 Å². The standard InChI is InChI=1S/C21H42NO2.BrH/c1-3-4-5-6-7-8-9-10-11-12-13-16-19-24-21(23)20-22(2)17-14-15-18-22;/h3-20H2,1-2H3;1H/q+1;/p-1. The van der Waals surface area contributed by atoms with Crippen molar-refractivity contribution in [2.24, 2.45) is 0 Å². The summed E-state index contributed by atoms with van der Waals surface area (Å²) in [7, 11) is 2.18. The Labute approximate surface area is 167 Å². The second-order valence-electron chi connectivity index (χ2n) is 8.04. The van der Waals surface area contributed by atoms with Gasteiger partial charge in [0.1, 0.15) is 0 Å².